The number of halogens is 2. The molecule has 0 heterocycles. The number of carboxylic acid groups (broad SMARTS) is 1. The summed E-state index contributed by atoms with van der Waals surface area (Å²) in [5.74, 6) is -7.13. The van der Waals surface area contributed by atoms with E-state index in [1.165, 1.54) is 18.2 Å². The largest absolute Gasteiger partial charge is 0.493 e. The average Bonchev–Trinajstić information content (AvgIpc) is 2.62. The maximum atomic E-state index is 14.6. The molecule has 2 aromatic carbocycles. The van der Waals surface area contributed by atoms with Crippen LogP contribution in [0.5, 0.6) is 5.75 Å². The first-order valence-corrected chi connectivity index (χ1v) is 8.04. The van der Waals surface area contributed by atoms with E-state index in [0.717, 1.165) is 6.07 Å². The molecule has 2 N–H and O–H groups in total. The lowest BCUT2D eigenvalue weighted by Crippen LogP contribution is -2.48. The molecule has 1 unspecified atom stereocenters. The smallest absolute Gasteiger partial charge is 0.353 e. The number of carbonyl (C=O) groups excluding carboxylic acids is 1. The fourth-order valence-corrected chi connectivity index (χ4v) is 2.43. The van der Waals surface area contributed by atoms with Gasteiger partial charge in [-0.15, -0.1) is 0 Å². The Morgan fingerprint density at radius 3 is 2.35 bits per heavy atom. The van der Waals surface area contributed by atoms with Gasteiger partial charge in [0, 0.05) is 6.42 Å². The molecule has 0 bridgehead atoms. The van der Waals surface area contributed by atoms with Crippen molar-refractivity contribution in [3.05, 3.63) is 65.7 Å². The van der Waals surface area contributed by atoms with Gasteiger partial charge in [-0.05, 0) is 24.6 Å². The van der Waals surface area contributed by atoms with Gasteiger partial charge in [-0.3, -0.25) is 4.79 Å². The summed E-state index contributed by atoms with van der Waals surface area (Å²) >= 11 is 0. The molecule has 0 saturated carbocycles. The molecule has 138 valence electrons. The summed E-state index contributed by atoms with van der Waals surface area (Å²) in [6.07, 6.45) is -0.106. The second-order valence-corrected chi connectivity index (χ2v) is 5.56. The van der Waals surface area contributed by atoms with Gasteiger partial charge in [0.05, 0.1) is 12.2 Å². The number of para-hydroxylation sites is 1. The quantitative estimate of drug-likeness (QED) is 0.756. The fourth-order valence-electron chi connectivity index (χ4n) is 2.43. The van der Waals surface area contributed by atoms with Crippen LogP contribution in [0.4, 0.5) is 8.78 Å². The number of alkyl halides is 2. The maximum Gasteiger partial charge on any atom is 0.353 e. The lowest BCUT2D eigenvalue weighted by Gasteiger charge is -2.22. The maximum absolute atomic E-state index is 14.6. The molecular formula is C19H19F2NO4. The van der Waals surface area contributed by atoms with Crippen molar-refractivity contribution < 1.29 is 28.2 Å². The molecule has 26 heavy (non-hydrogen) atoms. The van der Waals surface area contributed by atoms with Crippen LogP contribution in [-0.2, 0) is 21.9 Å². The lowest BCUT2D eigenvalue weighted by molar-refractivity contribution is -0.152. The monoisotopic (exact) mass is 363 g/mol. The van der Waals surface area contributed by atoms with Crippen LogP contribution < -0.4 is 10.1 Å². The van der Waals surface area contributed by atoms with Gasteiger partial charge in [0.15, 0.2) is 0 Å². The zero-order chi connectivity index (χ0) is 19.2. The summed E-state index contributed by atoms with van der Waals surface area (Å²) in [5.41, 5.74) is 0.00133. The van der Waals surface area contributed by atoms with E-state index >= 15 is 0 Å². The molecule has 0 aromatic heterocycles. The summed E-state index contributed by atoms with van der Waals surface area (Å²) in [6, 6.07) is 12.3. The molecule has 0 aliphatic carbocycles. The van der Waals surface area contributed by atoms with Crippen LogP contribution in [0.25, 0.3) is 0 Å². The average molecular weight is 363 g/mol. The molecule has 0 radical (unpaired) electrons. The Kier molecular flexibility index (Phi) is 6.27. The molecule has 2 aromatic rings. The van der Waals surface area contributed by atoms with Crippen molar-refractivity contribution in [3.63, 3.8) is 0 Å². The number of rotatable bonds is 8. The van der Waals surface area contributed by atoms with Crippen molar-refractivity contribution in [2.45, 2.75) is 25.3 Å². The Bertz CT molecular complexity index is 765. The first kappa shape index (κ1) is 19.4. The standard InChI is InChI=1S/C19H19F2NO4/c1-2-26-16-11-7-6-10-14(16)19(20,21)18(25)22-15(17(23)24)12-13-8-4-3-5-9-13/h3-11,15H,2,12H2,1H3,(H,22,25)(H,23,24). The zero-order valence-electron chi connectivity index (χ0n) is 14.1. The van der Waals surface area contributed by atoms with Crippen LogP contribution in [0.1, 0.15) is 18.1 Å². The van der Waals surface area contributed by atoms with Crippen molar-refractivity contribution in [2.24, 2.45) is 0 Å². The van der Waals surface area contributed by atoms with E-state index in [4.69, 9.17) is 4.74 Å². The summed E-state index contributed by atoms with van der Waals surface area (Å²) in [7, 11) is 0. The predicted molar refractivity (Wildman–Crippen MR) is 91.2 cm³/mol. The fraction of sp³-hybridized carbons (Fsp3) is 0.263. The van der Waals surface area contributed by atoms with Gasteiger partial charge in [0.2, 0.25) is 0 Å². The summed E-state index contributed by atoms with van der Waals surface area (Å²) in [6.45, 7) is 1.79. The van der Waals surface area contributed by atoms with Crippen LogP contribution in [0.2, 0.25) is 0 Å². The Morgan fingerprint density at radius 1 is 1.12 bits per heavy atom. The molecule has 5 nitrogen and oxygen atoms in total. The normalized spacial score (nSPS) is 12.3. The molecule has 0 saturated heterocycles. The molecule has 0 aliphatic rings. The van der Waals surface area contributed by atoms with Crippen molar-refractivity contribution in [2.75, 3.05) is 6.61 Å². The minimum atomic E-state index is -3.93. The number of benzene rings is 2. The number of hydrogen-bond donors (Lipinski definition) is 2. The van der Waals surface area contributed by atoms with Crippen molar-refractivity contribution >= 4 is 11.9 Å². The molecule has 0 spiro atoms. The molecule has 7 heteroatoms. The Morgan fingerprint density at radius 2 is 1.73 bits per heavy atom. The summed E-state index contributed by atoms with van der Waals surface area (Å²) < 4.78 is 34.4. The molecule has 2 rings (SSSR count). The highest BCUT2D eigenvalue weighted by Crippen LogP contribution is 2.35. The van der Waals surface area contributed by atoms with Crippen LogP contribution in [0, 0.1) is 0 Å². The van der Waals surface area contributed by atoms with Crippen molar-refractivity contribution in [3.8, 4) is 5.75 Å². The molecule has 0 aliphatic heterocycles. The van der Waals surface area contributed by atoms with Crippen molar-refractivity contribution in [1.29, 1.82) is 0 Å². The van der Waals surface area contributed by atoms with Gasteiger partial charge in [-0.25, -0.2) is 4.79 Å². The van der Waals surface area contributed by atoms with Crippen molar-refractivity contribution in [1.82, 2.24) is 5.32 Å². The van der Waals surface area contributed by atoms with Gasteiger partial charge < -0.3 is 15.2 Å². The van der Waals surface area contributed by atoms with E-state index in [1.807, 2.05) is 5.32 Å². The highest BCUT2D eigenvalue weighted by Gasteiger charge is 2.44. The molecule has 0 fully saturated rings. The number of amides is 1. The van der Waals surface area contributed by atoms with Gasteiger partial charge in [-0.1, -0.05) is 42.5 Å². The SMILES string of the molecule is CCOc1ccccc1C(F)(F)C(=O)NC(Cc1ccccc1)C(=O)O. The number of aliphatic carboxylic acids is 1. The minimum absolute atomic E-state index is 0.106. The molecular weight excluding hydrogens is 344 g/mol. The van der Waals surface area contributed by atoms with Gasteiger partial charge >= 0.3 is 11.9 Å². The first-order chi connectivity index (χ1) is 12.4. The number of carbonyl (C=O) groups is 2. The van der Waals surface area contributed by atoms with E-state index in [1.54, 1.807) is 37.3 Å². The summed E-state index contributed by atoms with van der Waals surface area (Å²) in [5, 5.41) is 11.2. The van der Waals surface area contributed by atoms with Crippen LogP contribution >= 0.6 is 0 Å². The lowest BCUT2D eigenvalue weighted by atomic mass is 10.0. The number of hydrogen-bond acceptors (Lipinski definition) is 3. The number of carboxylic acids is 1. The van der Waals surface area contributed by atoms with Crippen LogP contribution in [0.15, 0.2) is 54.6 Å². The minimum Gasteiger partial charge on any atom is -0.493 e. The van der Waals surface area contributed by atoms with E-state index in [-0.39, 0.29) is 18.8 Å². The highest BCUT2D eigenvalue weighted by molar-refractivity contribution is 5.89. The van der Waals surface area contributed by atoms with Crippen LogP contribution in [0.3, 0.4) is 0 Å². The number of ether oxygens (including phenoxy) is 1. The predicted octanol–water partition coefficient (Wildman–Crippen LogP) is 2.99. The third-order valence-corrected chi connectivity index (χ3v) is 3.70. The molecule has 1 atom stereocenters. The third kappa shape index (κ3) is 4.56. The van der Waals surface area contributed by atoms with E-state index in [9.17, 15) is 23.5 Å². The van der Waals surface area contributed by atoms with E-state index < -0.39 is 29.4 Å². The number of nitrogens with one attached hydrogen (secondary N) is 1. The summed E-state index contributed by atoms with van der Waals surface area (Å²) in [4.78, 5) is 23.5. The van der Waals surface area contributed by atoms with E-state index in [0.29, 0.717) is 5.56 Å². The Hall–Kier alpha value is -2.96. The van der Waals surface area contributed by atoms with Gasteiger partial charge in [0.1, 0.15) is 11.8 Å². The topological polar surface area (TPSA) is 75.6 Å². The Labute approximate surface area is 149 Å². The van der Waals surface area contributed by atoms with Gasteiger partial charge in [0.25, 0.3) is 5.91 Å². The molecule has 1 amide bonds. The van der Waals surface area contributed by atoms with Gasteiger partial charge in [-0.2, -0.15) is 8.78 Å². The van der Waals surface area contributed by atoms with Crippen LogP contribution in [-0.4, -0.2) is 29.6 Å². The Balaban J connectivity index is 2.21. The second-order valence-electron chi connectivity index (χ2n) is 5.56. The highest BCUT2D eigenvalue weighted by atomic mass is 19.3. The second kappa shape index (κ2) is 8.42. The zero-order valence-corrected chi connectivity index (χ0v) is 14.1. The third-order valence-electron chi connectivity index (χ3n) is 3.70. The first-order valence-electron chi connectivity index (χ1n) is 8.04. The van der Waals surface area contributed by atoms with E-state index in [2.05, 4.69) is 0 Å².